The predicted octanol–water partition coefficient (Wildman–Crippen LogP) is 4.55. The summed E-state index contributed by atoms with van der Waals surface area (Å²) in [4.78, 5) is 21.9. The zero-order chi connectivity index (χ0) is 23.7. The van der Waals surface area contributed by atoms with Gasteiger partial charge in [0.1, 0.15) is 17.6 Å². The maximum Gasteiger partial charge on any atom is 0.573 e. The van der Waals surface area contributed by atoms with Crippen molar-refractivity contribution in [1.29, 1.82) is 0 Å². The van der Waals surface area contributed by atoms with Crippen LogP contribution in [0.1, 0.15) is 17.7 Å². The van der Waals surface area contributed by atoms with Crippen LogP contribution in [0.2, 0.25) is 0 Å². The molecule has 34 heavy (non-hydrogen) atoms. The van der Waals surface area contributed by atoms with Gasteiger partial charge in [-0.2, -0.15) is 0 Å². The molecule has 0 aliphatic carbocycles. The third-order valence-electron chi connectivity index (χ3n) is 5.95. The third kappa shape index (κ3) is 4.84. The Morgan fingerprint density at radius 2 is 1.76 bits per heavy atom. The first-order valence-electron chi connectivity index (χ1n) is 10.9. The van der Waals surface area contributed by atoms with Crippen molar-refractivity contribution >= 4 is 11.6 Å². The summed E-state index contributed by atoms with van der Waals surface area (Å²) in [6, 6.07) is 18.3. The number of pyridine rings is 1. The zero-order valence-electron chi connectivity index (χ0n) is 18.1. The number of likely N-dealkylation sites (tertiary alicyclic amines) is 1. The predicted molar refractivity (Wildman–Crippen MR) is 118 cm³/mol. The number of carbonyl (C=O) groups is 1. The summed E-state index contributed by atoms with van der Waals surface area (Å²) in [5, 5.41) is 0. The van der Waals surface area contributed by atoms with Crippen LogP contribution in [0.15, 0.2) is 72.9 Å². The lowest BCUT2D eigenvalue weighted by molar-refractivity contribution is -0.274. The smallest absolute Gasteiger partial charge is 0.487 e. The second-order valence-electron chi connectivity index (χ2n) is 8.33. The highest BCUT2D eigenvalue weighted by Gasteiger charge is 2.43. The first-order chi connectivity index (χ1) is 16.4. The topological polar surface area (TPSA) is 54.9 Å². The second kappa shape index (κ2) is 8.98. The van der Waals surface area contributed by atoms with Crippen molar-refractivity contribution in [2.45, 2.75) is 38.0 Å². The molecule has 176 valence electrons. The number of hydrogen-bond acceptors (Lipinski definition) is 5. The first kappa shape index (κ1) is 22.2. The van der Waals surface area contributed by atoms with Crippen molar-refractivity contribution in [3.05, 3.63) is 84.2 Å². The zero-order valence-corrected chi connectivity index (χ0v) is 18.1. The fourth-order valence-electron chi connectivity index (χ4n) is 4.48. The van der Waals surface area contributed by atoms with Crippen LogP contribution < -0.4 is 14.4 Å². The van der Waals surface area contributed by atoms with E-state index in [0.717, 1.165) is 11.3 Å². The number of anilines is 1. The minimum Gasteiger partial charge on any atom is -0.487 e. The van der Waals surface area contributed by atoms with Gasteiger partial charge in [-0.05, 0) is 42.0 Å². The molecular formula is C25H22F3N3O3. The quantitative estimate of drug-likeness (QED) is 0.549. The number of fused-ring (bicyclic) bond motifs is 3. The van der Waals surface area contributed by atoms with Crippen LogP contribution in [0.25, 0.3) is 0 Å². The minimum absolute atomic E-state index is 0.0547. The Balaban J connectivity index is 1.39. The fourth-order valence-corrected chi connectivity index (χ4v) is 4.48. The highest BCUT2D eigenvalue weighted by molar-refractivity contribution is 5.99. The highest BCUT2D eigenvalue weighted by Crippen LogP contribution is 2.37. The average Bonchev–Trinajstić information content (AvgIpc) is 3.21. The molecule has 2 aliphatic rings. The van der Waals surface area contributed by atoms with Gasteiger partial charge in [0.05, 0.1) is 24.0 Å². The van der Waals surface area contributed by atoms with Gasteiger partial charge < -0.3 is 14.4 Å². The number of ether oxygens (including phenoxy) is 2. The number of halogens is 3. The molecule has 2 aromatic carbocycles. The number of benzene rings is 2. The van der Waals surface area contributed by atoms with Crippen LogP contribution in [0.4, 0.5) is 18.9 Å². The molecular weight excluding hydrogens is 447 g/mol. The van der Waals surface area contributed by atoms with E-state index in [1.165, 1.54) is 12.1 Å². The van der Waals surface area contributed by atoms with Crippen LogP contribution in [0.3, 0.4) is 0 Å². The van der Waals surface area contributed by atoms with Gasteiger partial charge in [0.2, 0.25) is 5.91 Å². The molecule has 3 aromatic rings. The van der Waals surface area contributed by atoms with Gasteiger partial charge in [-0.1, -0.05) is 30.3 Å². The van der Waals surface area contributed by atoms with Crippen molar-refractivity contribution in [3.63, 3.8) is 0 Å². The van der Waals surface area contributed by atoms with Crippen molar-refractivity contribution in [3.8, 4) is 11.5 Å². The molecule has 2 bridgehead atoms. The minimum atomic E-state index is -4.74. The molecule has 0 spiro atoms. The summed E-state index contributed by atoms with van der Waals surface area (Å²) in [7, 11) is 0. The number of rotatable bonds is 5. The lowest BCUT2D eigenvalue weighted by Gasteiger charge is -2.31. The molecule has 2 atom stereocenters. The number of carbonyl (C=O) groups excluding carboxylic acids is 1. The van der Waals surface area contributed by atoms with E-state index in [1.54, 1.807) is 23.2 Å². The summed E-state index contributed by atoms with van der Waals surface area (Å²) >= 11 is 0. The highest BCUT2D eigenvalue weighted by atomic mass is 19.4. The number of hydrogen-bond donors (Lipinski definition) is 0. The van der Waals surface area contributed by atoms with E-state index in [9.17, 15) is 18.0 Å². The molecule has 1 fully saturated rings. The SMILES string of the molecule is O=C1[C@@H]2C[C@@H](CN2Cc2ccc(OC(F)(F)F)cc2)Oc2ccccc2N1Cc1ccccn1. The Morgan fingerprint density at radius 3 is 2.50 bits per heavy atom. The molecule has 0 unspecified atom stereocenters. The Kier molecular flexibility index (Phi) is 5.87. The van der Waals surface area contributed by atoms with E-state index in [1.807, 2.05) is 47.4 Å². The third-order valence-corrected chi connectivity index (χ3v) is 5.95. The molecule has 0 radical (unpaired) electrons. The Labute approximate surface area is 194 Å². The van der Waals surface area contributed by atoms with E-state index in [0.29, 0.717) is 37.5 Å². The maximum absolute atomic E-state index is 13.8. The molecule has 2 aliphatic heterocycles. The Bertz CT molecular complexity index is 1160. The van der Waals surface area contributed by atoms with Gasteiger partial charge in [-0.15, -0.1) is 13.2 Å². The number of alkyl halides is 3. The van der Waals surface area contributed by atoms with E-state index in [-0.39, 0.29) is 17.8 Å². The largest absolute Gasteiger partial charge is 0.573 e. The number of nitrogens with zero attached hydrogens (tertiary/aromatic N) is 3. The summed E-state index contributed by atoms with van der Waals surface area (Å²) in [5.74, 6) is 0.313. The molecule has 5 rings (SSSR count). The molecule has 1 amide bonds. The lowest BCUT2D eigenvalue weighted by atomic mass is 10.1. The van der Waals surface area contributed by atoms with E-state index < -0.39 is 12.4 Å². The van der Waals surface area contributed by atoms with E-state index in [2.05, 4.69) is 9.72 Å². The Hall–Kier alpha value is -3.59. The lowest BCUT2D eigenvalue weighted by Crippen LogP contribution is -2.45. The summed E-state index contributed by atoms with van der Waals surface area (Å²) in [5.41, 5.74) is 2.23. The van der Waals surface area contributed by atoms with Crippen LogP contribution in [-0.4, -0.2) is 40.8 Å². The first-order valence-corrected chi connectivity index (χ1v) is 10.9. The van der Waals surface area contributed by atoms with Crippen LogP contribution in [0.5, 0.6) is 11.5 Å². The van der Waals surface area contributed by atoms with Crippen LogP contribution in [-0.2, 0) is 17.9 Å². The van der Waals surface area contributed by atoms with Crippen molar-refractivity contribution < 1.29 is 27.4 Å². The van der Waals surface area contributed by atoms with E-state index in [4.69, 9.17) is 4.74 Å². The second-order valence-corrected chi connectivity index (χ2v) is 8.33. The monoisotopic (exact) mass is 469 g/mol. The standard InChI is InChI=1S/C25H22F3N3O3/c26-25(27,28)34-19-10-8-17(9-11-19)14-30-16-20-13-22(30)24(32)31(15-18-5-3-4-12-29-18)21-6-1-2-7-23(21)33-20/h1-12,20,22H,13-16H2/t20-,22-/m0/s1. The number of para-hydroxylation sites is 2. The molecule has 1 saturated heterocycles. The molecule has 9 heteroatoms. The maximum atomic E-state index is 13.8. The van der Waals surface area contributed by atoms with Crippen LogP contribution in [0, 0.1) is 0 Å². The molecule has 1 aromatic heterocycles. The normalized spacial score (nSPS) is 20.3. The Morgan fingerprint density at radius 1 is 1.00 bits per heavy atom. The fraction of sp³-hybridized carbons (Fsp3) is 0.280. The van der Waals surface area contributed by atoms with Crippen molar-refractivity contribution in [2.24, 2.45) is 0 Å². The molecule has 0 N–H and O–H groups in total. The van der Waals surface area contributed by atoms with Gasteiger partial charge in [0, 0.05) is 25.7 Å². The molecule has 6 nitrogen and oxygen atoms in total. The molecule has 0 saturated carbocycles. The van der Waals surface area contributed by atoms with Gasteiger partial charge in [-0.3, -0.25) is 14.7 Å². The summed E-state index contributed by atoms with van der Waals surface area (Å²) in [6.07, 6.45) is -2.68. The van der Waals surface area contributed by atoms with E-state index >= 15 is 0 Å². The summed E-state index contributed by atoms with van der Waals surface area (Å²) < 4.78 is 47.6. The van der Waals surface area contributed by atoms with Crippen molar-refractivity contribution in [1.82, 2.24) is 9.88 Å². The van der Waals surface area contributed by atoms with Gasteiger partial charge in [0.15, 0.2) is 0 Å². The van der Waals surface area contributed by atoms with Crippen molar-refractivity contribution in [2.75, 3.05) is 11.4 Å². The molecule has 3 heterocycles. The number of amides is 1. The van der Waals surface area contributed by atoms with Gasteiger partial charge in [-0.25, -0.2) is 0 Å². The number of aromatic nitrogens is 1. The summed E-state index contributed by atoms with van der Waals surface area (Å²) in [6.45, 7) is 1.23. The average molecular weight is 469 g/mol. The van der Waals surface area contributed by atoms with Gasteiger partial charge >= 0.3 is 6.36 Å². The van der Waals surface area contributed by atoms with Gasteiger partial charge in [0.25, 0.3) is 0 Å². The van der Waals surface area contributed by atoms with Crippen LogP contribution >= 0.6 is 0 Å².